The summed E-state index contributed by atoms with van der Waals surface area (Å²) < 4.78 is 16.9. The van der Waals surface area contributed by atoms with Gasteiger partial charge in [0.2, 0.25) is 0 Å². The lowest BCUT2D eigenvalue weighted by Gasteiger charge is -2.13. The van der Waals surface area contributed by atoms with Crippen LogP contribution in [0.4, 0.5) is 0 Å². The SMILES string of the molecule is COc1cc(/C=N/n2c(C)nc3ccccc3c2=O)ccc1Oc1nc2c(c(=O)n(C)c(=O)n2C)n1Cc1ccc(Cl)cc1Cl. The van der Waals surface area contributed by atoms with Crippen LogP contribution in [0, 0.1) is 6.92 Å². The first kappa shape index (κ1) is 29.9. The lowest BCUT2D eigenvalue weighted by molar-refractivity contribution is 0.361. The second-order valence-corrected chi connectivity index (χ2v) is 11.0. The number of methoxy groups -OCH3 is 1. The number of rotatable bonds is 7. The summed E-state index contributed by atoms with van der Waals surface area (Å²) in [5.74, 6) is 1.03. The Hall–Kier alpha value is -5.20. The average Bonchev–Trinajstić information content (AvgIpc) is 3.38. The first-order valence-corrected chi connectivity index (χ1v) is 14.3. The number of fused-ring (bicyclic) bond motifs is 2. The molecule has 0 bridgehead atoms. The van der Waals surface area contributed by atoms with Crippen LogP contribution in [0.1, 0.15) is 17.0 Å². The van der Waals surface area contributed by atoms with Gasteiger partial charge in [-0.2, -0.15) is 14.8 Å². The van der Waals surface area contributed by atoms with Crippen molar-refractivity contribution in [3.05, 3.63) is 119 Å². The Morgan fingerprint density at radius 1 is 0.911 bits per heavy atom. The number of aromatic nitrogens is 6. The summed E-state index contributed by atoms with van der Waals surface area (Å²) in [5.41, 5.74) is 0.755. The van der Waals surface area contributed by atoms with Gasteiger partial charge in [-0.05, 0) is 60.5 Å². The zero-order valence-corrected chi connectivity index (χ0v) is 26.0. The van der Waals surface area contributed by atoms with Gasteiger partial charge in [0.15, 0.2) is 22.7 Å². The Morgan fingerprint density at radius 2 is 1.69 bits per heavy atom. The molecule has 12 nitrogen and oxygen atoms in total. The summed E-state index contributed by atoms with van der Waals surface area (Å²) in [5, 5.41) is 5.66. The predicted molar refractivity (Wildman–Crippen MR) is 173 cm³/mol. The smallest absolute Gasteiger partial charge is 0.332 e. The minimum absolute atomic E-state index is 0.0263. The second-order valence-electron chi connectivity index (χ2n) is 10.1. The fraction of sp³-hybridized carbons (Fsp3) is 0.161. The molecule has 0 aliphatic heterocycles. The van der Waals surface area contributed by atoms with E-state index in [1.165, 1.54) is 36.7 Å². The minimum atomic E-state index is -0.548. The quantitative estimate of drug-likeness (QED) is 0.234. The molecule has 14 heteroatoms. The molecule has 0 aliphatic rings. The monoisotopic (exact) mass is 645 g/mol. The number of hydrogen-bond donors (Lipinski definition) is 0. The number of nitrogens with zero attached hydrogens (tertiary/aromatic N) is 7. The summed E-state index contributed by atoms with van der Waals surface area (Å²) in [4.78, 5) is 48.0. The Bertz CT molecular complexity index is 2350. The van der Waals surface area contributed by atoms with Crippen LogP contribution in [-0.2, 0) is 20.6 Å². The van der Waals surface area contributed by atoms with E-state index in [2.05, 4.69) is 15.1 Å². The van der Waals surface area contributed by atoms with Gasteiger partial charge >= 0.3 is 11.7 Å². The number of imidazole rings is 1. The molecule has 0 unspecified atom stereocenters. The van der Waals surface area contributed by atoms with E-state index in [1.54, 1.807) is 66.1 Å². The van der Waals surface area contributed by atoms with Crippen molar-refractivity contribution in [2.45, 2.75) is 13.5 Å². The zero-order valence-electron chi connectivity index (χ0n) is 24.5. The molecular weight excluding hydrogens is 621 g/mol. The van der Waals surface area contributed by atoms with Crippen molar-refractivity contribution in [2.75, 3.05) is 7.11 Å². The van der Waals surface area contributed by atoms with Crippen molar-refractivity contribution in [1.82, 2.24) is 28.3 Å². The fourth-order valence-electron chi connectivity index (χ4n) is 4.91. The largest absolute Gasteiger partial charge is 0.493 e. The van der Waals surface area contributed by atoms with Crippen LogP contribution in [0.25, 0.3) is 22.1 Å². The highest BCUT2D eigenvalue weighted by atomic mass is 35.5. The lowest BCUT2D eigenvalue weighted by Crippen LogP contribution is -2.37. The Morgan fingerprint density at radius 3 is 2.44 bits per heavy atom. The highest BCUT2D eigenvalue weighted by molar-refractivity contribution is 6.35. The molecule has 0 atom stereocenters. The van der Waals surface area contributed by atoms with Crippen LogP contribution in [0.2, 0.25) is 10.0 Å². The molecule has 0 saturated heterocycles. The predicted octanol–water partition coefficient (Wildman–Crippen LogP) is 4.49. The standard InChI is InChI=1S/C31H25Cl2N7O5/c1-17-35-23-8-6-5-7-21(23)28(41)40(17)34-15-18-9-12-24(25(13-18)44-4)45-30-36-27-26(29(42)38(3)31(43)37(27)2)39(30)16-19-10-11-20(32)14-22(19)33/h5-15H,16H2,1-4H3/b34-15+. The Balaban J connectivity index is 1.41. The van der Waals surface area contributed by atoms with E-state index in [4.69, 9.17) is 32.7 Å². The first-order chi connectivity index (χ1) is 21.6. The van der Waals surface area contributed by atoms with E-state index in [0.29, 0.717) is 43.6 Å². The van der Waals surface area contributed by atoms with Gasteiger partial charge in [-0.25, -0.2) is 9.78 Å². The summed E-state index contributed by atoms with van der Waals surface area (Å²) in [6.07, 6.45) is 1.51. The van der Waals surface area contributed by atoms with E-state index in [-0.39, 0.29) is 35.0 Å². The average molecular weight is 646 g/mol. The van der Waals surface area contributed by atoms with Gasteiger partial charge < -0.3 is 9.47 Å². The van der Waals surface area contributed by atoms with Crippen molar-refractivity contribution >= 4 is 51.5 Å². The van der Waals surface area contributed by atoms with Crippen LogP contribution in [0.15, 0.2) is 80.1 Å². The normalized spacial score (nSPS) is 11.6. The molecule has 0 fully saturated rings. The molecule has 0 N–H and O–H groups in total. The van der Waals surface area contributed by atoms with E-state index in [0.717, 1.165) is 4.57 Å². The minimum Gasteiger partial charge on any atom is -0.493 e. The van der Waals surface area contributed by atoms with E-state index >= 15 is 0 Å². The summed E-state index contributed by atoms with van der Waals surface area (Å²) in [6, 6.07) is 17.1. The van der Waals surface area contributed by atoms with Gasteiger partial charge in [-0.1, -0.05) is 41.4 Å². The molecule has 6 rings (SSSR count). The van der Waals surface area contributed by atoms with Gasteiger partial charge in [0.1, 0.15) is 5.82 Å². The molecule has 0 amide bonds. The number of ether oxygens (including phenoxy) is 2. The summed E-state index contributed by atoms with van der Waals surface area (Å²) >= 11 is 12.6. The van der Waals surface area contributed by atoms with Crippen LogP contribution < -0.4 is 26.3 Å². The van der Waals surface area contributed by atoms with Crippen LogP contribution >= 0.6 is 23.2 Å². The zero-order chi connectivity index (χ0) is 32.0. The molecule has 45 heavy (non-hydrogen) atoms. The second kappa shape index (κ2) is 11.7. The van der Waals surface area contributed by atoms with E-state index in [9.17, 15) is 14.4 Å². The summed E-state index contributed by atoms with van der Waals surface area (Å²) in [7, 11) is 4.39. The molecule has 6 aromatic rings. The maximum absolute atomic E-state index is 13.3. The highest BCUT2D eigenvalue weighted by Gasteiger charge is 2.22. The fourth-order valence-corrected chi connectivity index (χ4v) is 5.38. The van der Waals surface area contributed by atoms with Crippen LogP contribution in [0.3, 0.4) is 0 Å². The van der Waals surface area contributed by atoms with Crippen molar-refractivity contribution in [3.8, 4) is 17.5 Å². The topological polar surface area (TPSA) is 128 Å². The third kappa shape index (κ3) is 5.38. The first-order valence-electron chi connectivity index (χ1n) is 13.6. The molecule has 3 heterocycles. The Labute approximate surface area is 264 Å². The van der Waals surface area contributed by atoms with Crippen molar-refractivity contribution < 1.29 is 9.47 Å². The molecular formula is C31H25Cl2N7O5. The molecule has 3 aromatic heterocycles. The lowest BCUT2D eigenvalue weighted by atomic mass is 10.2. The summed E-state index contributed by atoms with van der Waals surface area (Å²) in [6.45, 7) is 1.80. The molecule has 0 saturated carbocycles. The van der Waals surface area contributed by atoms with Crippen molar-refractivity contribution in [3.63, 3.8) is 0 Å². The van der Waals surface area contributed by atoms with Crippen LogP contribution in [0.5, 0.6) is 17.5 Å². The number of aryl methyl sites for hydroxylation is 2. The number of hydrogen-bond acceptors (Lipinski definition) is 8. The maximum atomic E-state index is 13.3. The van der Waals surface area contributed by atoms with E-state index < -0.39 is 11.2 Å². The van der Waals surface area contributed by atoms with E-state index in [1.807, 2.05) is 6.07 Å². The number of halogens is 2. The molecule has 0 radical (unpaired) electrons. The maximum Gasteiger partial charge on any atom is 0.332 e. The molecule has 0 spiro atoms. The molecule has 0 aliphatic carbocycles. The number of para-hydroxylation sites is 1. The highest BCUT2D eigenvalue weighted by Crippen LogP contribution is 2.34. The Kier molecular flexibility index (Phi) is 7.77. The van der Waals surface area contributed by atoms with Gasteiger partial charge in [-0.15, -0.1) is 0 Å². The number of benzene rings is 3. The van der Waals surface area contributed by atoms with Crippen molar-refractivity contribution in [1.29, 1.82) is 0 Å². The third-order valence-electron chi connectivity index (χ3n) is 7.28. The van der Waals surface area contributed by atoms with Gasteiger partial charge in [0, 0.05) is 24.1 Å². The van der Waals surface area contributed by atoms with Crippen LogP contribution in [-0.4, -0.2) is 41.7 Å². The van der Waals surface area contributed by atoms with Gasteiger partial charge in [-0.3, -0.25) is 23.3 Å². The molecule has 228 valence electrons. The third-order valence-corrected chi connectivity index (χ3v) is 7.87. The molecule has 3 aromatic carbocycles. The van der Waals surface area contributed by atoms with Crippen molar-refractivity contribution in [2.24, 2.45) is 19.2 Å². The van der Waals surface area contributed by atoms with Gasteiger partial charge in [0.25, 0.3) is 11.1 Å². The van der Waals surface area contributed by atoms with Gasteiger partial charge in [0.05, 0.1) is 30.8 Å².